The molecule has 0 fully saturated rings. The number of methoxy groups -OCH3 is 1. The van der Waals surface area contributed by atoms with Gasteiger partial charge in [0.05, 0.1) is 6.61 Å². The maximum Gasteiger partial charge on any atom is 0.0630 e. The second-order valence-corrected chi connectivity index (χ2v) is 5.39. The van der Waals surface area contributed by atoms with Crippen molar-refractivity contribution in [2.45, 2.75) is 32.4 Å². The summed E-state index contributed by atoms with van der Waals surface area (Å²) in [6, 6.07) is 11.6. The normalized spacial score (nSPS) is 13.2. The van der Waals surface area contributed by atoms with E-state index in [1.54, 1.807) is 7.11 Å². The summed E-state index contributed by atoms with van der Waals surface area (Å²) in [6.45, 7) is 7.14. The van der Waals surface area contributed by atoms with Gasteiger partial charge in [0.2, 0.25) is 0 Å². The largest absolute Gasteiger partial charge is 0.383 e. The van der Waals surface area contributed by atoms with Crippen molar-refractivity contribution in [2.24, 2.45) is 0 Å². The summed E-state index contributed by atoms with van der Waals surface area (Å²) < 4.78 is 5.33. The van der Waals surface area contributed by atoms with Gasteiger partial charge in [-0.3, -0.25) is 4.90 Å². The van der Waals surface area contributed by atoms with Crippen molar-refractivity contribution >= 4 is 0 Å². The Balaban J connectivity index is 2.40. The van der Waals surface area contributed by atoms with Crippen LogP contribution in [-0.2, 0) is 11.2 Å². The SMILES string of the molecule is COCC(CNC(C)C)N(C)CCc1ccccc1. The van der Waals surface area contributed by atoms with E-state index in [-0.39, 0.29) is 0 Å². The van der Waals surface area contributed by atoms with E-state index in [9.17, 15) is 0 Å². The van der Waals surface area contributed by atoms with Crippen LogP contribution in [0.4, 0.5) is 0 Å². The minimum absolute atomic E-state index is 0.427. The number of ether oxygens (including phenoxy) is 1. The Labute approximate surface area is 118 Å². The Hall–Kier alpha value is -0.900. The Kier molecular flexibility index (Phi) is 7.72. The van der Waals surface area contributed by atoms with Crippen LogP contribution in [0.1, 0.15) is 19.4 Å². The quantitative estimate of drug-likeness (QED) is 0.740. The zero-order valence-electron chi connectivity index (χ0n) is 12.7. The van der Waals surface area contributed by atoms with E-state index in [1.165, 1.54) is 5.56 Å². The lowest BCUT2D eigenvalue weighted by atomic mass is 10.1. The Morgan fingerprint density at radius 1 is 1.21 bits per heavy atom. The fraction of sp³-hybridized carbons (Fsp3) is 0.625. The van der Waals surface area contributed by atoms with E-state index in [1.807, 2.05) is 0 Å². The number of nitrogens with one attached hydrogen (secondary N) is 1. The van der Waals surface area contributed by atoms with Crippen molar-refractivity contribution in [1.82, 2.24) is 10.2 Å². The fourth-order valence-corrected chi connectivity index (χ4v) is 2.04. The standard InChI is InChI=1S/C16H28N2O/c1-14(2)17-12-16(13-19-4)18(3)11-10-15-8-6-5-7-9-15/h5-9,14,16-17H,10-13H2,1-4H3. The third kappa shape index (κ3) is 6.71. The predicted molar refractivity (Wildman–Crippen MR) is 81.6 cm³/mol. The predicted octanol–water partition coefficient (Wildman–Crippen LogP) is 2.17. The number of hydrogen-bond donors (Lipinski definition) is 1. The molecule has 0 bridgehead atoms. The average molecular weight is 264 g/mol. The van der Waals surface area contributed by atoms with Gasteiger partial charge in [0.1, 0.15) is 0 Å². The van der Waals surface area contributed by atoms with Gasteiger partial charge in [0, 0.05) is 32.3 Å². The first-order valence-electron chi connectivity index (χ1n) is 7.10. The molecule has 0 amide bonds. The minimum Gasteiger partial charge on any atom is -0.383 e. The molecule has 1 aromatic carbocycles. The first-order chi connectivity index (χ1) is 9.13. The first-order valence-corrected chi connectivity index (χ1v) is 7.10. The van der Waals surface area contributed by atoms with Crippen LogP contribution in [0.25, 0.3) is 0 Å². The van der Waals surface area contributed by atoms with Gasteiger partial charge in [-0.25, -0.2) is 0 Å². The van der Waals surface area contributed by atoms with Crippen molar-refractivity contribution in [1.29, 1.82) is 0 Å². The van der Waals surface area contributed by atoms with Crippen LogP contribution in [0.15, 0.2) is 30.3 Å². The molecular weight excluding hydrogens is 236 g/mol. The Morgan fingerprint density at radius 3 is 2.47 bits per heavy atom. The lowest BCUT2D eigenvalue weighted by Gasteiger charge is -2.28. The number of rotatable bonds is 9. The second kappa shape index (κ2) is 9.08. The van der Waals surface area contributed by atoms with E-state index in [2.05, 4.69) is 61.4 Å². The van der Waals surface area contributed by atoms with Crippen LogP contribution < -0.4 is 5.32 Å². The number of hydrogen-bond acceptors (Lipinski definition) is 3. The number of nitrogens with zero attached hydrogens (tertiary/aromatic N) is 1. The molecule has 0 spiro atoms. The van der Waals surface area contributed by atoms with Gasteiger partial charge >= 0.3 is 0 Å². The van der Waals surface area contributed by atoms with Crippen LogP contribution in [-0.4, -0.2) is 50.8 Å². The van der Waals surface area contributed by atoms with E-state index in [4.69, 9.17) is 4.74 Å². The van der Waals surface area contributed by atoms with E-state index in [0.29, 0.717) is 12.1 Å². The van der Waals surface area contributed by atoms with Gasteiger partial charge in [-0.2, -0.15) is 0 Å². The summed E-state index contributed by atoms with van der Waals surface area (Å²) >= 11 is 0. The molecule has 3 nitrogen and oxygen atoms in total. The number of likely N-dealkylation sites (N-methyl/N-ethyl adjacent to an activating group) is 1. The van der Waals surface area contributed by atoms with Gasteiger partial charge in [0.25, 0.3) is 0 Å². The summed E-state index contributed by atoms with van der Waals surface area (Å²) in [5.74, 6) is 0. The molecule has 0 aliphatic rings. The van der Waals surface area contributed by atoms with E-state index in [0.717, 1.165) is 26.1 Å². The Morgan fingerprint density at radius 2 is 1.89 bits per heavy atom. The Bertz CT molecular complexity index is 327. The van der Waals surface area contributed by atoms with Crippen molar-refractivity contribution < 1.29 is 4.74 Å². The molecule has 0 saturated heterocycles. The maximum absolute atomic E-state index is 5.33. The van der Waals surface area contributed by atoms with Crippen LogP contribution >= 0.6 is 0 Å². The molecule has 108 valence electrons. The molecule has 1 N–H and O–H groups in total. The maximum atomic E-state index is 5.33. The zero-order chi connectivity index (χ0) is 14.1. The summed E-state index contributed by atoms with van der Waals surface area (Å²) in [5, 5.41) is 3.49. The summed E-state index contributed by atoms with van der Waals surface area (Å²) in [5.41, 5.74) is 1.39. The molecular formula is C16H28N2O. The highest BCUT2D eigenvalue weighted by Gasteiger charge is 2.14. The molecule has 1 atom stereocenters. The van der Waals surface area contributed by atoms with Crippen LogP contribution in [0, 0.1) is 0 Å². The molecule has 0 heterocycles. The first kappa shape index (κ1) is 16.2. The van der Waals surface area contributed by atoms with Crippen molar-refractivity contribution in [2.75, 3.05) is 33.9 Å². The smallest absolute Gasteiger partial charge is 0.0630 e. The van der Waals surface area contributed by atoms with E-state index < -0.39 is 0 Å². The molecule has 0 saturated carbocycles. The molecule has 0 aliphatic carbocycles. The molecule has 1 unspecified atom stereocenters. The van der Waals surface area contributed by atoms with Crippen LogP contribution in [0.5, 0.6) is 0 Å². The van der Waals surface area contributed by atoms with Crippen LogP contribution in [0.3, 0.4) is 0 Å². The molecule has 0 radical (unpaired) electrons. The average Bonchev–Trinajstić information content (AvgIpc) is 2.41. The second-order valence-electron chi connectivity index (χ2n) is 5.39. The van der Waals surface area contributed by atoms with Crippen molar-refractivity contribution in [3.8, 4) is 0 Å². The van der Waals surface area contributed by atoms with Gasteiger partial charge < -0.3 is 10.1 Å². The summed E-state index contributed by atoms with van der Waals surface area (Å²) in [4.78, 5) is 2.38. The molecule has 0 aromatic heterocycles. The highest BCUT2D eigenvalue weighted by atomic mass is 16.5. The van der Waals surface area contributed by atoms with Crippen molar-refractivity contribution in [3.05, 3.63) is 35.9 Å². The third-order valence-electron chi connectivity index (χ3n) is 3.34. The summed E-state index contributed by atoms with van der Waals surface area (Å²) in [6.07, 6.45) is 1.08. The van der Waals surface area contributed by atoms with Crippen molar-refractivity contribution in [3.63, 3.8) is 0 Å². The number of benzene rings is 1. The molecule has 0 aliphatic heterocycles. The highest BCUT2D eigenvalue weighted by molar-refractivity contribution is 5.14. The molecule has 3 heteroatoms. The van der Waals surface area contributed by atoms with Gasteiger partial charge in [-0.15, -0.1) is 0 Å². The highest BCUT2D eigenvalue weighted by Crippen LogP contribution is 2.03. The van der Waals surface area contributed by atoms with E-state index >= 15 is 0 Å². The van der Waals surface area contributed by atoms with Crippen LogP contribution in [0.2, 0.25) is 0 Å². The third-order valence-corrected chi connectivity index (χ3v) is 3.34. The topological polar surface area (TPSA) is 24.5 Å². The lowest BCUT2D eigenvalue weighted by Crippen LogP contribution is -2.45. The molecule has 1 rings (SSSR count). The fourth-order valence-electron chi connectivity index (χ4n) is 2.04. The summed E-state index contributed by atoms with van der Waals surface area (Å²) in [7, 11) is 3.95. The van der Waals surface area contributed by atoms with Gasteiger partial charge in [-0.1, -0.05) is 44.2 Å². The minimum atomic E-state index is 0.427. The monoisotopic (exact) mass is 264 g/mol. The molecule has 1 aromatic rings. The zero-order valence-corrected chi connectivity index (χ0v) is 12.7. The lowest BCUT2D eigenvalue weighted by molar-refractivity contribution is 0.105. The van der Waals surface area contributed by atoms with Gasteiger partial charge in [-0.05, 0) is 19.0 Å². The van der Waals surface area contributed by atoms with Gasteiger partial charge in [0.15, 0.2) is 0 Å². The molecule has 19 heavy (non-hydrogen) atoms.